The maximum atomic E-state index is 11.8. The number of ether oxygens (including phenoxy) is 1. The van der Waals surface area contributed by atoms with Crippen LogP contribution in [0.3, 0.4) is 0 Å². The van der Waals surface area contributed by atoms with Crippen molar-refractivity contribution in [2.24, 2.45) is 0 Å². The fourth-order valence-electron chi connectivity index (χ4n) is 2.41. The number of anilines is 1. The molecule has 0 aromatic heterocycles. The van der Waals surface area contributed by atoms with Crippen LogP contribution in [0.4, 0.5) is 5.69 Å². The molecule has 0 spiro atoms. The predicted molar refractivity (Wildman–Crippen MR) is 89.8 cm³/mol. The van der Waals surface area contributed by atoms with Gasteiger partial charge in [-0.3, -0.25) is 14.5 Å². The molecule has 1 aromatic rings. The van der Waals surface area contributed by atoms with Crippen LogP contribution in [0.25, 0.3) is 0 Å². The number of morpholine rings is 1. The van der Waals surface area contributed by atoms with Crippen molar-refractivity contribution in [3.63, 3.8) is 0 Å². The number of nitrogens with zero attached hydrogens (tertiary/aromatic N) is 1. The second-order valence-electron chi connectivity index (χ2n) is 5.61. The zero-order chi connectivity index (χ0) is 16.5. The van der Waals surface area contributed by atoms with Gasteiger partial charge in [-0.2, -0.15) is 0 Å². The maximum Gasteiger partial charge on any atom is 0.221 e. The first kappa shape index (κ1) is 17.4. The molecule has 0 aliphatic carbocycles. The molecule has 23 heavy (non-hydrogen) atoms. The Bertz CT molecular complexity index is 510. The summed E-state index contributed by atoms with van der Waals surface area (Å²) in [5, 5.41) is 6.12. The van der Waals surface area contributed by atoms with Gasteiger partial charge in [0.25, 0.3) is 0 Å². The van der Waals surface area contributed by atoms with Gasteiger partial charge < -0.3 is 15.4 Å². The maximum absolute atomic E-state index is 11.8. The average Bonchev–Trinajstić information content (AvgIpc) is 2.56. The predicted octanol–water partition coefficient (Wildman–Crippen LogP) is 1.14. The Balaban J connectivity index is 1.58. The molecule has 0 unspecified atom stereocenters. The standard InChI is InChI=1S/C17H25N3O3/c1-14(21)15-2-4-16(5-3-15)18-7-6-17(22)19-8-9-20-10-12-23-13-11-20/h2-5,18H,6-13H2,1H3,(H,19,22). The molecule has 1 aromatic carbocycles. The third-order valence-corrected chi connectivity index (χ3v) is 3.83. The van der Waals surface area contributed by atoms with Gasteiger partial charge in [0.1, 0.15) is 0 Å². The minimum atomic E-state index is 0.0473. The van der Waals surface area contributed by atoms with Crippen LogP contribution in [-0.2, 0) is 9.53 Å². The van der Waals surface area contributed by atoms with Crippen LogP contribution >= 0.6 is 0 Å². The molecule has 2 N–H and O–H groups in total. The van der Waals surface area contributed by atoms with Crippen LogP contribution in [-0.4, -0.2) is 62.5 Å². The van der Waals surface area contributed by atoms with Crippen LogP contribution in [0.2, 0.25) is 0 Å². The van der Waals surface area contributed by atoms with Gasteiger partial charge in [-0.1, -0.05) is 0 Å². The van der Waals surface area contributed by atoms with Crippen molar-refractivity contribution in [1.29, 1.82) is 0 Å². The molecule has 1 amide bonds. The quantitative estimate of drug-likeness (QED) is 0.703. The summed E-state index contributed by atoms with van der Waals surface area (Å²) in [7, 11) is 0. The third-order valence-electron chi connectivity index (χ3n) is 3.83. The first-order valence-corrected chi connectivity index (χ1v) is 8.07. The number of amides is 1. The Labute approximate surface area is 137 Å². The molecule has 0 saturated carbocycles. The summed E-state index contributed by atoms with van der Waals surface area (Å²) in [6.45, 7) is 7.09. The molecule has 0 bridgehead atoms. The average molecular weight is 319 g/mol. The molecule has 0 radical (unpaired) electrons. The van der Waals surface area contributed by atoms with E-state index in [1.54, 1.807) is 19.1 Å². The number of nitrogens with one attached hydrogen (secondary N) is 2. The molecular weight excluding hydrogens is 294 g/mol. The lowest BCUT2D eigenvalue weighted by molar-refractivity contribution is -0.120. The number of ketones is 1. The summed E-state index contributed by atoms with van der Waals surface area (Å²) >= 11 is 0. The van der Waals surface area contributed by atoms with E-state index >= 15 is 0 Å². The molecule has 1 aliphatic rings. The lowest BCUT2D eigenvalue weighted by Crippen LogP contribution is -2.41. The van der Waals surface area contributed by atoms with E-state index in [-0.39, 0.29) is 11.7 Å². The van der Waals surface area contributed by atoms with E-state index < -0.39 is 0 Å². The lowest BCUT2D eigenvalue weighted by atomic mass is 10.1. The van der Waals surface area contributed by atoms with Crippen LogP contribution in [0.5, 0.6) is 0 Å². The van der Waals surface area contributed by atoms with Crippen molar-refractivity contribution >= 4 is 17.4 Å². The topological polar surface area (TPSA) is 70.7 Å². The first-order chi connectivity index (χ1) is 11.1. The normalized spacial score (nSPS) is 15.2. The highest BCUT2D eigenvalue weighted by Crippen LogP contribution is 2.09. The number of Topliss-reactive ketones (excluding diaryl/α,β-unsaturated/α-hetero) is 1. The number of hydrogen-bond donors (Lipinski definition) is 2. The van der Waals surface area contributed by atoms with Gasteiger partial charge >= 0.3 is 0 Å². The van der Waals surface area contributed by atoms with E-state index in [1.165, 1.54) is 0 Å². The van der Waals surface area contributed by atoms with E-state index in [1.807, 2.05) is 12.1 Å². The van der Waals surface area contributed by atoms with Crippen molar-refractivity contribution in [1.82, 2.24) is 10.2 Å². The van der Waals surface area contributed by atoms with E-state index in [2.05, 4.69) is 15.5 Å². The summed E-state index contributed by atoms with van der Waals surface area (Å²) in [6.07, 6.45) is 0.428. The zero-order valence-corrected chi connectivity index (χ0v) is 13.6. The molecule has 126 valence electrons. The van der Waals surface area contributed by atoms with Crippen molar-refractivity contribution in [3.8, 4) is 0 Å². The summed E-state index contributed by atoms with van der Waals surface area (Å²) < 4.78 is 5.29. The summed E-state index contributed by atoms with van der Waals surface area (Å²) in [4.78, 5) is 25.3. The van der Waals surface area contributed by atoms with Gasteiger partial charge in [0, 0.05) is 50.4 Å². The van der Waals surface area contributed by atoms with E-state index in [0.29, 0.717) is 25.1 Å². The van der Waals surface area contributed by atoms with E-state index in [9.17, 15) is 9.59 Å². The fourth-order valence-corrected chi connectivity index (χ4v) is 2.41. The monoisotopic (exact) mass is 319 g/mol. The smallest absolute Gasteiger partial charge is 0.221 e. The summed E-state index contributed by atoms with van der Waals surface area (Å²) in [6, 6.07) is 7.28. The minimum Gasteiger partial charge on any atom is -0.385 e. The van der Waals surface area contributed by atoms with Crippen LogP contribution in [0.1, 0.15) is 23.7 Å². The highest BCUT2D eigenvalue weighted by Gasteiger charge is 2.10. The largest absolute Gasteiger partial charge is 0.385 e. The molecule has 6 nitrogen and oxygen atoms in total. The second-order valence-corrected chi connectivity index (χ2v) is 5.61. The Morgan fingerprint density at radius 3 is 2.48 bits per heavy atom. The van der Waals surface area contributed by atoms with Gasteiger partial charge in [0.2, 0.25) is 5.91 Å². The zero-order valence-electron chi connectivity index (χ0n) is 13.6. The number of carbonyl (C=O) groups excluding carboxylic acids is 2. The van der Waals surface area contributed by atoms with Gasteiger partial charge in [-0.15, -0.1) is 0 Å². The molecule has 1 heterocycles. The van der Waals surface area contributed by atoms with Crippen molar-refractivity contribution in [2.45, 2.75) is 13.3 Å². The summed E-state index contributed by atoms with van der Waals surface area (Å²) in [5.41, 5.74) is 1.60. The van der Waals surface area contributed by atoms with Crippen molar-refractivity contribution in [3.05, 3.63) is 29.8 Å². The number of rotatable bonds is 8. The Morgan fingerprint density at radius 2 is 1.83 bits per heavy atom. The number of benzene rings is 1. The molecule has 0 atom stereocenters. The third kappa shape index (κ3) is 6.38. The van der Waals surface area contributed by atoms with E-state index in [0.717, 1.165) is 38.5 Å². The van der Waals surface area contributed by atoms with Gasteiger partial charge in [-0.25, -0.2) is 0 Å². The minimum absolute atomic E-state index is 0.0473. The van der Waals surface area contributed by atoms with Crippen LogP contribution in [0, 0.1) is 0 Å². The number of carbonyl (C=O) groups is 2. The summed E-state index contributed by atoms with van der Waals surface area (Å²) in [5.74, 6) is 0.0994. The van der Waals surface area contributed by atoms with Gasteiger partial charge in [0.05, 0.1) is 13.2 Å². The molecule has 1 fully saturated rings. The fraction of sp³-hybridized carbons (Fsp3) is 0.529. The van der Waals surface area contributed by atoms with E-state index in [4.69, 9.17) is 4.74 Å². The highest BCUT2D eigenvalue weighted by molar-refractivity contribution is 5.94. The lowest BCUT2D eigenvalue weighted by Gasteiger charge is -2.26. The van der Waals surface area contributed by atoms with Gasteiger partial charge in [-0.05, 0) is 31.2 Å². The Hall–Kier alpha value is -1.92. The van der Waals surface area contributed by atoms with Gasteiger partial charge in [0.15, 0.2) is 5.78 Å². The number of hydrogen-bond acceptors (Lipinski definition) is 5. The first-order valence-electron chi connectivity index (χ1n) is 8.07. The molecule has 1 aliphatic heterocycles. The Kier molecular flexibility index (Phi) is 7.03. The second kappa shape index (κ2) is 9.27. The van der Waals surface area contributed by atoms with Crippen LogP contribution in [0.15, 0.2) is 24.3 Å². The highest BCUT2D eigenvalue weighted by atomic mass is 16.5. The molecule has 2 rings (SSSR count). The molecule has 6 heteroatoms. The SMILES string of the molecule is CC(=O)c1ccc(NCCC(=O)NCCN2CCOCC2)cc1. The molecular formula is C17H25N3O3. The molecule has 1 saturated heterocycles. The van der Waals surface area contributed by atoms with Crippen molar-refractivity contribution < 1.29 is 14.3 Å². The van der Waals surface area contributed by atoms with Crippen molar-refractivity contribution in [2.75, 3.05) is 51.3 Å². The Morgan fingerprint density at radius 1 is 1.13 bits per heavy atom. The van der Waals surface area contributed by atoms with Crippen LogP contribution < -0.4 is 10.6 Å².